The van der Waals surface area contributed by atoms with Gasteiger partial charge in [0.2, 0.25) is 5.91 Å². The summed E-state index contributed by atoms with van der Waals surface area (Å²) in [5, 5.41) is 2.83. The minimum atomic E-state index is -0.452. The standard InChI is InChI=1S/C14H9ClFNO/c15-11-5-1-4-9(14(11)16)8-3-2-6-12-10(8)7-13(18)17-12/h1-6H,7H2,(H,17,18). The van der Waals surface area contributed by atoms with E-state index in [4.69, 9.17) is 11.6 Å². The number of hydrogen-bond donors (Lipinski definition) is 1. The third-order valence-corrected chi connectivity index (χ3v) is 3.32. The van der Waals surface area contributed by atoms with E-state index in [0.29, 0.717) is 11.1 Å². The number of carbonyl (C=O) groups excluding carboxylic acids is 1. The molecule has 0 spiro atoms. The van der Waals surface area contributed by atoms with Crippen molar-refractivity contribution in [1.29, 1.82) is 0 Å². The summed E-state index contributed by atoms with van der Waals surface area (Å²) in [6.45, 7) is 0. The summed E-state index contributed by atoms with van der Waals surface area (Å²) in [7, 11) is 0. The predicted octanol–water partition coefficient (Wildman–Crippen LogP) is 3.64. The molecule has 1 aliphatic heterocycles. The van der Waals surface area contributed by atoms with E-state index in [1.165, 1.54) is 6.07 Å². The Labute approximate surface area is 108 Å². The highest BCUT2D eigenvalue weighted by Gasteiger charge is 2.22. The van der Waals surface area contributed by atoms with Crippen molar-refractivity contribution in [1.82, 2.24) is 0 Å². The van der Waals surface area contributed by atoms with E-state index >= 15 is 0 Å². The highest BCUT2D eigenvalue weighted by Crippen LogP contribution is 2.35. The first-order valence-electron chi connectivity index (χ1n) is 5.53. The molecule has 0 aromatic heterocycles. The van der Waals surface area contributed by atoms with Crippen LogP contribution >= 0.6 is 11.6 Å². The monoisotopic (exact) mass is 261 g/mol. The second-order valence-electron chi connectivity index (χ2n) is 4.16. The van der Waals surface area contributed by atoms with E-state index in [0.717, 1.165) is 11.3 Å². The first-order chi connectivity index (χ1) is 8.66. The molecule has 1 N–H and O–H groups in total. The summed E-state index contributed by atoms with van der Waals surface area (Å²) in [5.74, 6) is -0.521. The fraction of sp³-hybridized carbons (Fsp3) is 0.0714. The van der Waals surface area contributed by atoms with Crippen LogP contribution in [0.1, 0.15) is 5.56 Å². The maximum absolute atomic E-state index is 14.0. The molecule has 0 atom stereocenters. The first kappa shape index (κ1) is 11.2. The van der Waals surface area contributed by atoms with E-state index in [2.05, 4.69) is 5.32 Å². The van der Waals surface area contributed by atoms with Crippen LogP contribution in [0.25, 0.3) is 11.1 Å². The Morgan fingerprint density at radius 3 is 2.67 bits per heavy atom. The van der Waals surface area contributed by atoms with Gasteiger partial charge in [-0.1, -0.05) is 35.9 Å². The van der Waals surface area contributed by atoms with Crippen molar-refractivity contribution in [2.45, 2.75) is 6.42 Å². The van der Waals surface area contributed by atoms with E-state index in [-0.39, 0.29) is 17.4 Å². The maximum atomic E-state index is 14.0. The first-order valence-corrected chi connectivity index (χ1v) is 5.91. The van der Waals surface area contributed by atoms with Crippen molar-refractivity contribution in [3.05, 3.63) is 52.8 Å². The largest absolute Gasteiger partial charge is 0.326 e. The molecule has 2 aromatic rings. The van der Waals surface area contributed by atoms with Gasteiger partial charge in [-0.3, -0.25) is 4.79 Å². The Kier molecular flexibility index (Phi) is 2.56. The molecule has 1 aliphatic rings. The molecule has 0 fully saturated rings. The number of benzene rings is 2. The second-order valence-corrected chi connectivity index (χ2v) is 4.57. The Balaban J connectivity index is 2.22. The molecule has 1 heterocycles. The van der Waals surface area contributed by atoms with Gasteiger partial charge in [-0.05, 0) is 23.3 Å². The minimum absolute atomic E-state index is 0.0695. The highest BCUT2D eigenvalue weighted by molar-refractivity contribution is 6.31. The number of fused-ring (bicyclic) bond motifs is 1. The quantitative estimate of drug-likeness (QED) is 0.834. The lowest BCUT2D eigenvalue weighted by Crippen LogP contribution is -2.03. The molecule has 2 nitrogen and oxygen atoms in total. The fourth-order valence-electron chi connectivity index (χ4n) is 2.21. The van der Waals surface area contributed by atoms with Crippen molar-refractivity contribution in [3.8, 4) is 11.1 Å². The average molecular weight is 262 g/mol. The molecule has 18 heavy (non-hydrogen) atoms. The van der Waals surface area contributed by atoms with Crippen LogP contribution in [0.4, 0.5) is 10.1 Å². The summed E-state index contributed by atoms with van der Waals surface area (Å²) in [5.41, 5.74) is 2.71. The van der Waals surface area contributed by atoms with Crippen LogP contribution < -0.4 is 5.32 Å². The Morgan fingerprint density at radius 1 is 1.11 bits per heavy atom. The Morgan fingerprint density at radius 2 is 1.83 bits per heavy atom. The van der Waals surface area contributed by atoms with Gasteiger partial charge in [-0.15, -0.1) is 0 Å². The number of halogens is 2. The maximum Gasteiger partial charge on any atom is 0.228 e. The molecule has 0 saturated carbocycles. The molecule has 0 unspecified atom stereocenters. The number of rotatable bonds is 1. The minimum Gasteiger partial charge on any atom is -0.326 e. The lowest BCUT2D eigenvalue weighted by Gasteiger charge is -2.09. The van der Waals surface area contributed by atoms with Crippen LogP contribution in [0.3, 0.4) is 0 Å². The molecule has 0 saturated heterocycles. The van der Waals surface area contributed by atoms with Crippen molar-refractivity contribution < 1.29 is 9.18 Å². The van der Waals surface area contributed by atoms with Gasteiger partial charge in [0.25, 0.3) is 0 Å². The number of anilines is 1. The van der Waals surface area contributed by atoms with E-state index in [1.54, 1.807) is 24.3 Å². The van der Waals surface area contributed by atoms with E-state index < -0.39 is 5.82 Å². The van der Waals surface area contributed by atoms with Crippen LogP contribution in [0.2, 0.25) is 5.02 Å². The van der Waals surface area contributed by atoms with Crippen molar-refractivity contribution in [2.75, 3.05) is 5.32 Å². The summed E-state index contributed by atoms with van der Waals surface area (Å²) in [4.78, 5) is 11.4. The summed E-state index contributed by atoms with van der Waals surface area (Å²) >= 11 is 5.79. The third-order valence-electron chi connectivity index (χ3n) is 3.03. The van der Waals surface area contributed by atoms with Gasteiger partial charge < -0.3 is 5.32 Å². The van der Waals surface area contributed by atoms with E-state index in [1.807, 2.05) is 6.07 Å². The van der Waals surface area contributed by atoms with Crippen LogP contribution in [-0.2, 0) is 11.2 Å². The van der Waals surface area contributed by atoms with Crippen LogP contribution in [-0.4, -0.2) is 5.91 Å². The summed E-state index contributed by atoms with van der Waals surface area (Å²) in [6, 6.07) is 10.3. The summed E-state index contributed by atoms with van der Waals surface area (Å²) in [6.07, 6.45) is 0.275. The molecule has 0 aliphatic carbocycles. The molecular formula is C14H9ClFNO. The zero-order valence-corrected chi connectivity index (χ0v) is 10.1. The van der Waals surface area contributed by atoms with Crippen LogP contribution in [0.5, 0.6) is 0 Å². The molecule has 1 amide bonds. The van der Waals surface area contributed by atoms with Crippen LogP contribution in [0, 0.1) is 5.82 Å². The smallest absolute Gasteiger partial charge is 0.228 e. The van der Waals surface area contributed by atoms with Crippen molar-refractivity contribution in [2.24, 2.45) is 0 Å². The lowest BCUT2D eigenvalue weighted by atomic mass is 9.97. The fourth-order valence-corrected chi connectivity index (χ4v) is 2.39. The Hall–Kier alpha value is -1.87. The molecule has 4 heteroatoms. The van der Waals surface area contributed by atoms with Gasteiger partial charge in [0.1, 0.15) is 5.82 Å². The van der Waals surface area contributed by atoms with Gasteiger partial charge >= 0.3 is 0 Å². The summed E-state index contributed by atoms with van der Waals surface area (Å²) < 4.78 is 14.0. The van der Waals surface area contributed by atoms with Gasteiger partial charge in [0.05, 0.1) is 11.4 Å². The van der Waals surface area contributed by atoms with Gasteiger partial charge in [0.15, 0.2) is 0 Å². The second kappa shape index (κ2) is 4.10. The van der Waals surface area contributed by atoms with Crippen molar-refractivity contribution >= 4 is 23.2 Å². The van der Waals surface area contributed by atoms with Crippen molar-refractivity contribution in [3.63, 3.8) is 0 Å². The topological polar surface area (TPSA) is 29.1 Å². The van der Waals surface area contributed by atoms with Gasteiger partial charge in [-0.25, -0.2) is 4.39 Å². The molecule has 3 rings (SSSR count). The Bertz CT molecular complexity index is 654. The number of amides is 1. The lowest BCUT2D eigenvalue weighted by molar-refractivity contribution is -0.115. The number of nitrogens with one attached hydrogen (secondary N) is 1. The number of hydrogen-bond acceptors (Lipinski definition) is 1. The van der Waals surface area contributed by atoms with E-state index in [9.17, 15) is 9.18 Å². The normalized spacial score (nSPS) is 13.3. The van der Waals surface area contributed by atoms with Crippen LogP contribution in [0.15, 0.2) is 36.4 Å². The third kappa shape index (κ3) is 1.68. The molecule has 0 radical (unpaired) electrons. The molecule has 0 bridgehead atoms. The molecular weight excluding hydrogens is 253 g/mol. The van der Waals surface area contributed by atoms with Gasteiger partial charge in [-0.2, -0.15) is 0 Å². The SMILES string of the molecule is O=C1Cc2c(cccc2-c2cccc(Cl)c2F)N1. The molecule has 2 aromatic carbocycles. The zero-order valence-electron chi connectivity index (χ0n) is 9.34. The number of carbonyl (C=O) groups is 1. The average Bonchev–Trinajstić information content (AvgIpc) is 2.73. The molecule has 90 valence electrons. The predicted molar refractivity (Wildman–Crippen MR) is 69.2 cm³/mol. The van der Waals surface area contributed by atoms with Gasteiger partial charge in [0, 0.05) is 11.3 Å². The highest BCUT2D eigenvalue weighted by atomic mass is 35.5. The zero-order chi connectivity index (χ0) is 12.7.